The molecule has 1 fully saturated rings. The Balaban J connectivity index is 2.38. The van der Waals surface area contributed by atoms with Crippen molar-refractivity contribution in [2.45, 2.75) is 26.2 Å². The van der Waals surface area contributed by atoms with Gasteiger partial charge in [-0.25, -0.2) is 9.97 Å². The van der Waals surface area contributed by atoms with Crippen LogP contribution in [-0.2, 0) is 4.79 Å². The summed E-state index contributed by atoms with van der Waals surface area (Å²) < 4.78 is 0. The van der Waals surface area contributed by atoms with Crippen LogP contribution in [0.25, 0.3) is 0 Å². The number of aromatic nitrogens is 2. The van der Waals surface area contributed by atoms with Gasteiger partial charge in [0.25, 0.3) is 0 Å². The van der Waals surface area contributed by atoms with Gasteiger partial charge < -0.3 is 15.1 Å². The summed E-state index contributed by atoms with van der Waals surface area (Å²) in [5.74, 6) is 2.16. The number of hydrogen-bond donors (Lipinski definition) is 1. The van der Waals surface area contributed by atoms with E-state index in [2.05, 4.69) is 34.0 Å². The molecule has 110 valence electrons. The molecule has 1 aromatic heterocycles. The summed E-state index contributed by atoms with van der Waals surface area (Å²) in [6.45, 7) is 6.27. The Morgan fingerprint density at radius 3 is 2.70 bits per heavy atom. The number of nitrogens with one attached hydrogen (secondary N) is 1. The second-order valence-corrected chi connectivity index (χ2v) is 5.45. The van der Waals surface area contributed by atoms with E-state index in [0.717, 1.165) is 36.7 Å². The fourth-order valence-electron chi connectivity index (χ4n) is 2.54. The van der Waals surface area contributed by atoms with Gasteiger partial charge in [-0.2, -0.15) is 0 Å². The monoisotopic (exact) mass is 277 g/mol. The first-order chi connectivity index (χ1) is 9.54. The Hall–Kier alpha value is -1.85. The Morgan fingerprint density at radius 2 is 2.05 bits per heavy atom. The molecule has 20 heavy (non-hydrogen) atoms. The van der Waals surface area contributed by atoms with E-state index in [-0.39, 0.29) is 5.91 Å². The van der Waals surface area contributed by atoms with E-state index in [1.165, 1.54) is 0 Å². The third-order valence-electron chi connectivity index (χ3n) is 3.65. The third kappa shape index (κ3) is 2.84. The maximum Gasteiger partial charge on any atom is 0.241 e. The van der Waals surface area contributed by atoms with Crippen molar-refractivity contribution in [1.29, 1.82) is 0 Å². The SMILES string of the molecule is CNc1ncnc(N2CCCN(C)C(=O)C2)c1C(C)C. The minimum absolute atomic E-state index is 0.141. The molecule has 0 aliphatic carbocycles. The topological polar surface area (TPSA) is 61.4 Å². The smallest absolute Gasteiger partial charge is 0.241 e. The van der Waals surface area contributed by atoms with Gasteiger partial charge in [-0.3, -0.25) is 4.79 Å². The van der Waals surface area contributed by atoms with Gasteiger partial charge in [-0.15, -0.1) is 0 Å². The molecule has 0 spiro atoms. The van der Waals surface area contributed by atoms with Crippen LogP contribution < -0.4 is 10.2 Å². The average molecular weight is 277 g/mol. The molecule has 1 aromatic rings. The summed E-state index contributed by atoms with van der Waals surface area (Å²) in [6, 6.07) is 0. The van der Waals surface area contributed by atoms with Gasteiger partial charge in [0, 0.05) is 32.7 Å². The van der Waals surface area contributed by atoms with Crippen LogP contribution in [0.15, 0.2) is 6.33 Å². The molecule has 6 heteroatoms. The van der Waals surface area contributed by atoms with Crippen LogP contribution in [0.2, 0.25) is 0 Å². The van der Waals surface area contributed by atoms with Gasteiger partial charge in [-0.1, -0.05) is 13.8 Å². The second kappa shape index (κ2) is 6.07. The minimum Gasteiger partial charge on any atom is -0.373 e. The van der Waals surface area contributed by atoms with E-state index >= 15 is 0 Å². The molecule has 6 nitrogen and oxygen atoms in total. The summed E-state index contributed by atoms with van der Waals surface area (Å²) in [6.07, 6.45) is 2.52. The number of anilines is 2. The van der Waals surface area contributed by atoms with Crippen molar-refractivity contribution >= 4 is 17.5 Å². The van der Waals surface area contributed by atoms with Crippen LogP contribution in [0.1, 0.15) is 31.7 Å². The number of carbonyl (C=O) groups is 1. The summed E-state index contributed by atoms with van der Waals surface area (Å²) in [4.78, 5) is 24.6. The van der Waals surface area contributed by atoms with Crippen molar-refractivity contribution in [1.82, 2.24) is 14.9 Å². The van der Waals surface area contributed by atoms with Gasteiger partial charge in [0.2, 0.25) is 5.91 Å². The van der Waals surface area contributed by atoms with E-state index < -0.39 is 0 Å². The molecule has 0 unspecified atom stereocenters. The summed E-state index contributed by atoms with van der Waals surface area (Å²) in [5.41, 5.74) is 1.08. The first kappa shape index (κ1) is 14.6. The summed E-state index contributed by atoms with van der Waals surface area (Å²) in [5, 5.41) is 3.12. The molecular formula is C14H23N5O. The van der Waals surface area contributed by atoms with Crippen LogP contribution in [0.5, 0.6) is 0 Å². The number of likely N-dealkylation sites (N-methyl/N-ethyl adjacent to an activating group) is 1. The van der Waals surface area contributed by atoms with E-state index in [1.807, 2.05) is 14.1 Å². The van der Waals surface area contributed by atoms with Crippen LogP contribution >= 0.6 is 0 Å². The fraction of sp³-hybridized carbons (Fsp3) is 0.643. The molecule has 0 atom stereocenters. The lowest BCUT2D eigenvalue weighted by Crippen LogP contribution is -2.35. The molecule has 0 radical (unpaired) electrons. The first-order valence-corrected chi connectivity index (χ1v) is 7.06. The van der Waals surface area contributed by atoms with Crippen molar-refractivity contribution in [2.24, 2.45) is 0 Å². The number of nitrogens with zero attached hydrogens (tertiary/aromatic N) is 4. The zero-order chi connectivity index (χ0) is 14.7. The van der Waals surface area contributed by atoms with Gasteiger partial charge in [0.1, 0.15) is 18.0 Å². The molecule has 0 bridgehead atoms. The van der Waals surface area contributed by atoms with Crippen molar-refractivity contribution in [3.63, 3.8) is 0 Å². The molecule has 0 saturated carbocycles. The van der Waals surface area contributed by atoms with E-state index in [1.54, 1.807) is 11.2 Å². The number of amides is 1. The van der Waals surface area contributed by atoms with Crippen LogP contribution in [-0.4, -0.2) is 54.5 Å². The highest BCUT2D eigenvalue weighted by molar-refractivity contribution is 5.82. The lowest BCUT2D eigenvalue weighted by atomic mass is 10.0. The standard InChI is InChI=1S/C14H23N5O/c1-10(2)12-13(15-3)16-9-17-14(12)19-7-5-6-18(4)11(20)8-19/h9-10H,5-8H2,1-4H3,(H,15,16,17). The van der Waals surface area contributed by atoms with Crippen molar-refractivity contribution < 1.29 is 4.79 Å². The zero-order valence-corrected chi connectivity index (χ0v) is 12.7. The maximum absolute atomic E-state index is 12.1. The van der Waals surface area contributed by atoms with Crippen LogP contribution in [0.3, 0.4) is 0 Å². The van der Waals surface area contributed by atoms with Gasteiger partial charge in [0.05, 0.1) is 6.54 Å². The van der Waals surface area contributed by atoms with Gasteiger partial charge >= 0.3 is 0 Å². The lowest BCUT2D eigenvalue weighted by molar-refractivity contribution is -0.127. The molecule has 1 aliphatic heterocycles. The summed E-state index contributed by atoms with van der Waals surface area (Å²) in [7, 11) is 3.72. The fourth-order valence-corrected chi connectivity index (χ4v) is 2.54. The molecule has 1 aliphatic rings. The van der Waals surface area contributed by atoms with E-state index in [4.69, 9.17) is 0 Å². The Labute approximate surface area is 120 Å². The molecule has 2 rings (SSSR count). The molecule has 1 amide bonds. The predicted octanol–water partition coefficient (Wildman–Crippen LogP) is 1.31. The summed E-state index contributed by atoms with van der Waals surface area (Å²) >= 11 is 0. The minimum atomic E-state index is 0.141. The molecule has 2 heterocycles. The second-order valence-electron chi connectivity index (χ2n) is 5.45. The Morgan fingerprint density at radius 1 is 1.30 bits per heavy atom. The number of rotatable bonds is 3. The van der Waals surface area contributed by atoms with Crippen LogP contribution in [0, 0.1) is 0 Å². The maximum atomic E-state index is 12.1. The highest BCUT2D eigenvalue weighted by Crippen LogP contribution is 2.31. The molecule has 0 aromatic carbocycles. The molecule has 1 saturated heterocycles. The highest BCUT2D eigenvalue weighted by Gasteiger charge is 2.24. The Bertz CT molecular complexity index is 488. The largest absolute Gasteiger partial charge is 0.373 e. The van der Waals surface area contributed by atoms with E-state index in [0.29, 0.717) is 12.5 Å². The normalized spacial score (nSPS) is 16.6. The van der Waals surface area contributed by atoms with Crippen molar-refractivity contribution in [2.75, 3.05) is 43.9 Å². The van der Waals surface area contributed by atoms with Crippen molar-refractivity contribution in [3.8, 4) is 0 Å². The van der Waals surface area contributed by atoms with E-state index in [9.17, 15) is 4.79 Å². The third-order valence-corrected chi connectivity index (χ3v) is 3.65. The molecular weight excluding hydrogens is 254 g/mol. The lowest BCUT2D eigenvalue weighted by Gasteiger charge is -2.25. The quantitative estimate of drug-likeness (QED) is 0.902. The number of carbonyl (C=O) groups excluding carboxylic acids is 1. The first-order valence-electron chi connectivity index (χ1n) is 7.06. The Kier molecular flexibility index (Phi) is 4.42. The zero-order valence-electron chi connectivity index (χ0n) is 12.7. The van der Waals surface area contributed by atoms with Gasteiger partial charge in [-0.05, 0) is 12.3 Å². The van der Waals surface area contributed by atoms with Crippen molar-refractivity contribution in [3.05, 3.63) is 11.9 Å². The predicted molar refractivity (Wildman–Crippen MR) is 80.1 cm³/mol. The number of hydrogen-bond acceptors (Lipinski definition) is 5. The highest BCUT2D eigenvalue weighted by atomic mass is 16.2. The van der Waals surface area contributed by atoms with Crippen LogP contribution in [0.4, 0.5) is 11.6 Å². The van der Waals surface area contributed by atoms with Gasteiger partial charge in [0.15, 0.2) is 0 Å². The molecule has 1 N–H and O–H groups in total. The average Bonchev–Trinajstić information content (AvgIpc) is 2.60.